The highest BCUT2D eigenvalue weighted by molar-refractivity contribution is 5.79. The topological polar surface area (TPSA) is 81.9 Å². The first-order chi connectivity index (χ1) is 15.2. The molecule has 3 aromatic rings. The minimum atomic E-state index is 0.512. The minimum absolute atomic E-state index is 0.512. The zero-order chi connectivity index (χ0) is 22.1. The van der Waals surface area contributed by atoms with Crippen LogP contribution in [-0.2, 0) is 19.6 Å². The largest absolute Gasteiger partial charge is 0.496 e. The van der Waals surface area contributed by atoms with Gasteiger partial charge < -0.3 is 24.8 Å². The monoisotopic (exact) mass is 423 g/mol. The Morgan fingerprint density at radius 1 is 0.871 bits per heavy atom. The van der Waals surface area contributed by atoms with E-state index >= 15 is 0 Å². The van der Waals surface area contributed by atoms with Crippen molar-refractivity contribution in [2.24, 2.45) is 4.99 Å². The second kappa shape index (κ2) is 10.9. The number of hydrogen-bond acceptors (Lipinski definition) is 5. The van der Waals surface area contributed by atoms with Crippen LogP contribution in [0, 0.1) is 0 Å². The molecular weight excluding hydrogens is 394 g/mol. The second-order valence-electron chi connectivity index (χ2n) is 6.77. The third-order valence-corrected chi connectivity index (χ3v) is 4.91. The summed E-state index contributed by atoms with van der Waals surface area (Å²) >= 11 is 0. The fraction of sp³-hybridized carbons (Fsp3) is 0.304. The maximum absolute atomic E-state index is 5.50. The van der Waals surface area contributed by atoms with Gasteiger partial charge in [-0.2, -0.15) is 5.10 Å². The summed E-state index contributed by atoms with van der Waals surface area (Å²) in [7, 11) is 6.60. The lowest BCUT2D eigenvalue weighted by molar-refractivity contribution is 0.347. The van der Waals surface area contributed by atoms with Crippen molar-refractivity contribution in [1.82, 2.24) is 20.4 Å². The summed E-state index contributed by atoms with van der Waals surface area (Å²) in [4.78, 5) is 4.34. The molecule has 0 aliphatic heterocycles. The van der Waals surface area contributed by atoms with Crippen LogP contribution < -0.4 is 24.8 Å². The fourth-order valence-corrected chi connectivity index (χ4v) is 3.26. The lowest BCUT2D eigenvalue weighted by Gasteiger charge is -2.17. The summed E-state index contributed by atoms with van der Waals surface area (Å²) in [6.45, 7) is 1.87. The van der Waals surface area contributed by atoms with Gasteiger partial charge in [0.15, 0.2) is 17.5 Å². The molecule has 8 nitrogen and oxygen atoms in total. The van der Waals surface area contributed by atoms with E-state index in [-0.39, 0.29) is 0 Å². The van der Waals surface area contributed by atoms with Crippen LogP contribution in [0.4, 0.5) is 0 Å². The van der Waals surface area contributed by atoms with E-state index in [0.29, 0.717) is 36.3 Å². The molecule has 0 atom stereocenters. The molecule has 31 heavy (non-hydrogen) atoms. The highest BCUT2D eigenvalue weighted by atomic mass is 16.5. The third kappa shape index (κ3) is 5.69. The molecule has 1 heterocycles. The molecule has 0 fully saturated rings. The summed E-state index contributed by atoms with van der Waals surface area (Å²) < 4.78 is 18.2. The molecule has 0 aliphatic carbocycles. The number of methoxy groups -OCH3 is 3. The van der Waals surface area contributed by atoms with Crippen LogP contribution in [0.1, 0.15) is 16.7 Å². The van der Waals surface area contributed by atoms with E-state index in [2.05, 4.69) is 32.9 Å². The molecule has 2 aromatic carbocycles. The van der Waals surface area contributed by atoms with Crippen molar-refractivity contribution < 1.29 is 14.2 Å². The van der Waals surface area contributed by atoms with Gasteiger partial charge in [-0.1, -0.05) is 24.3 Å². The number of benzene rings is 2. The van der Waals surface area contributed by atoms with E-state index in [1.165, 1.54) is 11.1 Å². The van der Waals surface area contributed by atoms with Crippen molar-refractivity contribution in [2.75, 3.05) is 28.4 Å². The number of guanidine groups is 1. The SMILES string of the molecule is CN=C(NCc1ccccc1Cn1cccn1)NCc1cc(OC)c(OC)cc1OC. The average molecular weight is 424 g/mol. The maximum Gasteiger partial charge on any atom is 0.191 e. The third-order valence-electron chi connectivity index (χ3n) is 4.91. The van der Waals surface area contributed by atoms with Crippen LogP contribution in [0.3, 0.4) is 0 Å². The molecule has 0 saturated carbocycles. The number of nitrogens with zero attached hydrogens (tertiary/aromatic N) is 3. The molecule has 0 bridgehead atoms. The molecule has 8 heteroatoms. The van der Waals surface area contributed by atoms with E-state index in [1.807, 2.05) is 41.2 Å². The zero-order valence-corrected chi connectivity index (χ0v) is 18.4. The normalized spacial score (nSPS) is 11.2. The van der Waals surface area contributed by atoms with E-state index < -0.39 is 0 Å². The summed E-state index contributed by atoms with van der Waals surface area (Å²) in [6, 6.07) is 13.9. The lowest BCUT2D eigenvalue weighted by atomic mass is 10.1. The van der Waals surface area contributed by atoms with Gasteiger partial charge in [0.25, 0.3) is 0 Å². The average Bonchev–Trinajstić information content (AvgIpc) is 3.32. The van der Waals surface area contributed by atoms with Gasteiger partial charge in [0.05, 0.1) is 27.9 Å². The first kappa shape index (κ1) is 22.0. The van der Waals surface area contributed by atoms with E-state index in [1.54, 1.807) is 34.6 Å². The van der Waals surface area contributed by atoms with Gasteiger partial charge in [0.2, 0.25) is 0 Å². The molecule has 0 aliphatic rings. The summed E-state index contributed by atoms with van der Waals surface area (Å²) in [6.07, 6.45) is 3.75. The number of ether oxygens (including phenoxy) is 3. The Balaban J connectivity index is 1.65. The highest BCUT2D eigenvalue weighted by Gasteiger charge is 2.12. The van der Waals surface area contributed by atoms with Crippen molar-refractivity contribution >= 4 is 5.96 Å². The zero-order valence-electron chi connectivity index (χ0n) is 18.4. The number of aliphatic imine (C=N–C) groups is 1. The smallest absolute Gasteiger partial charge is 0.191 e. The van der Waals surface area contributed by atoms with E-state index in [4.69, 9.17) is 14.2 Å². The Bertz CT molecular complexity index is 1000. The second-order valence-corrected chi connectivity index (χ2v) is 6.77. The predicted octanol–water partition coefficient (Wildman–Crippen LogP) is 2.82. The van der Waals surface area contributed by atoms with E-state index in [0.717, 1.165) is 12.1 Å². The molecule has 3 rings (SSSR count). The summed E-state index contributed by atoms with van der Waals surface area (Å²) in [5.41, 5.74) is 3.32. The van der Waals surface area contributed by atoms with Crippen LogP contribution in [0.2, 0.25) is 0 Å². The first-order valence-electron chi connectivity index (χ1n) is 9.96. The Morgan fingerprint density at radius 2 is 1.52 bits per heavy atom. The van der Waals surface area contributed by atoms with Crippen LogP contribution in [0.15, 0.2) is 59.9 Å². The number of nitrogens with one attached hydrogen (secondary N) is 2. The van der Waals surface area contributed by atoms with Gasteiger partial charge in [-0.25, -0.2) is 0 Å². The first-order valence-corrected chi connectivity index (χ1v) is 9.96. The van der Waals surface area contributed by atoms with Crippen LogP contribution in [-0.4, -0.2) is 44.1 Å². The Hall–Kier alpha value is -3.68. The maximum atomic E-state index is 5.50. The summed E-state index contributed by atoms with van der Waals surface area (Å²) in [5, 5.41) is 11.0. The van der Waals surface area contributed by atoms with Crippen molar-refractivity contribution in [1.29, 1.82) is 0 Å². The molecule has 0 saturated heterocycles. The molecule has 0 amide bonds. The van der Waals surface area contributed by atoms with Gasteiger partial charge in [0.1, 0.15) is 5.75 Å². The van der Waals surface area contributed by atoms with Gasteiger partial charge in [-0.3, -0.25) is 9.67 Å². The van der Waals surface area contributed by atoms with Crippen molar-refractivity contribution in [2.45, 2.75) is 19.6 Å². The molecule has 0 spiro atoms. The van der Waals surface area contributed by atoms with Crippen LogP contribution in [0.5, 0.6) is 17.2 Å². The fourth-order valence-electron chi connectivity index (χ4n) is 3.26. The van der Waals surface area contributed by atoms with Gasteiger partial charge in [-0.05, 0) is 23.3 Å². The number of rotatable bonds is 9. The molecule has 2 N–H and O–H groups in total. The van der Waals surface area contributed by atoms with E-state index in [9.17, 15) is 0 Å². The predicted molar refractivity (Wildman–Crippen MR) is 121 cm³/mol. The Morgan fingerprint density at radius 3 is 2.13 bits per heavy atom. The Labute approximate surface area is 182 Å². The van der Waals surface area contributed by atoms with Crippen molar-refractivity contribution in [3.05, 3.63) is 71.5 Å². The van der Waals surface area contributed by atoms with Gasteiger partial charge >= 0.3 is 0 Å². The molecule has 1 aromatic heterocycles. The number of hydrogen-bond donors (Lipinski definition) is 2. The molecular formula is C23H29N5O3. The minimum Gasteiger partial charge on any atom is -0.496 e. The lowest BCUT2D eigenvalue weighted by Crippen LogP contribution is -2.36. The quantitative estimate of drug-likeness (QED) is 0.407. The van der Waals surface area contributed by atoms with Crippen molar-refractivity contribution in [3.8, 4) is 17.2 Å². The van der Waals surface area contributed by atoms with Crippen LogP contribution in [0.25, 0.3) is 0 Å². The van der Waals surface area contributed by atoms with Crippen LogP contribution >= 0.6 is 0 Å². The highest BCUT2D eigenvalue weighted by Crippen LogP contribution is 2.34. The van der Waals surface area contributed by atoms with Gasteiger partial charge in [0, 0.05) is 44.2 Å². The Kier molecular flexibility index (Phi) is 7.75. The number of aromatic nitrogens is 2. The summed E-state index contributed by atoms with van der Waals surface area (Å²) in [5.74, 6) is 2.67. The molecule has 164 valence electrons. The molecule has 0 unspecified atom stereocenters. The standard InChI is InChI=1S/C23H29N5O3/c1-24-23(26-15-19-12-21(30-3)22(31-4)13-20(19)29-2)25-14-17-8-5-6-9-18(17)16-28-11-7-10-27-28/h5-13H,14-16H2,1-4H3,(H2,24,25,26). The molecule has 0 radical (unpaired) electrons. The van der Waals surface area contributed by atoms with Gasteiger partial charge in [-0.15, -0.1) is 0 Å². The van der Waals surface area contributed by atoms with Crippen molar-refractivity contribution in [3.63, 3.8) is 0 Å².